The van der Waals surface area contributed by atoms with E-state index in [4.69, 9.17) is 15.6 Å². The second kappa shape index (κ2) is 6.96. The molecule has 1 rings (SSSR count). The van der Waals surface area contributed by atoms with Crippen LogP contribution in [0.15, 0.2) is 22.7 Å². The fraction of sp³-hybridized carbons (Fsp3) is 0.455. The zero-order valence-corrected chi connectivity index (χ0v) is 10.4. The van der Waals surface area contributed by atoms with E-state index in [1.165, 1.54) is 6.07 Å². The Kier molecular flexibility index (Phi) is 5.90. The maximum Gasteiger partial charge on any atom is 0.137 e. The van der Waals surface area contributed by atoms with Gasteiger partial charge in [0, 0.05) is 19.8 Å². The lowest BCUT2D eigenvalue weighted by Crippen LogP contribution is -2.17. The number of ether oxygens (including phenoxy) is 1. The van der Waals surface area contributed by atoms with Gasteiger partial charge in [-0.05, 0) is 40.0 Å². The molecule has 90 valence electrons. The molecule has 0 aromatic heterocycles. The molecular formula is C11H15BrFNO2. The van der Waals surface area contributed by atoms with Crippen molar-refractivity contribution in [3.8, 4) is 0 Å². The Balaban J connectivity index is 2.67. The quantitative estimate of drug-likeness (QED) is 0.788. The van der Waals surface area contributed by atoms with Crippen molar-refractivity contribution in [2.75, 3.05) is 19.8 Å². The molecule has 3 nitrogen and oxygen atoms in total. The third-order valence-corrected chi connectivity index (χ3v) is 2.79. The maximum atomic E-state index is 13.3. The maximum absolute atomic E-state index is 13.3. The summed E-state index contributed by atoms with van der Waals surface area (Å²) in [6.07, 6.45) is 0.226. The van der Waals surface area contributed by atoms with E-state index >= 15 is 0 Å². The van der Waals surface area contributed by atoms with Crippen LogP contribution in [0.25, 0.3) is 0 Å². The summed E-state index contributed by atoms with van der Waals surface area (Å²) in [6, 6.07) is 4.80. The zero-order chi connectivity index (χ0) is 12.0. The number of nitrogens with two attached hydrogens (primary N) is 1. The Morgan fingerprint density at radius 2 is 2.25 bits per heavy atom. The van der Waals surface area contributed by atoms with Gasteiger partial charge in [0.15, 0.2) is 0 Å². The highest BCUT2D eigenvalue weighted by atomic mass is 79.9. The Hall–Kier alpha value is -0.490. The molecule has 0 amide bonds. The van der Waals surface area contributed by atoms with E-state index in [0.29, 0.717) is 23.1 Å². The van der Waals surface area contributed by atoms with Crippen molar-refractivity contribution in [2.24, 2.45) is 5.73 Å². The van der Waals surface area contributed by atoms with Gasteiger partial charge in [0.05, 0.1) is 10.6 Å². The Bertz CT molecular complexity index is 336. The largest absolute Gasteiger partial charge is 0.396 e. The monoisotopic (exact) mass is 291 g/mol. The van der Waals surface area contributed by atoms with Gasteiger partial charge in [-0.3, -0.25) is 0 Å². The van der Waals surface area contributed by atoms with Crippen LogP contribution in [0.5, 0.6) is 0 Å². The van der Waals surface area contributed by atoms with Crippen molar-refractivity contribution in [3.63, 3.8) is 0 Å². The molecule has 1 aromatic rings. The van der Waals surface area contributed by atoms with Crippen molar-refractivity contribution in [3.05, 3.63) is 34.1 Å². The van der Waals surface area contributed by atoms with Gasteiger partial charge in [-0.25, -0.2) is 4.39 Å². The van der Waals surface area contributed by atoms with Gasteiger partial charge >= 0.3 is 0 Å². The van der Waals surface area contributed by atoms with E-state index in [-0.39, 0.29) is 25.1 Å². The van der Waals surface area contributed by atoms with Crippen molar-refractivity contribution in [1.82, 2.24) is 0 Å². The normalized spacial score (nSPS) is 12.8. The number of aliphatic hydroxyl groups is 1. The molecule has 0 aliphatic rings. The van der Waals surface area contributed by atoms with Gasteiger partial charge in [0.2, 0.25) is 0 Å². The lowest BCUT2D eigenvalue weighted by molar-refractivity contribution is 0.0487. The fourth-order valence-corrected chi connectivity index (χ4v) is 1.55. The Labute approximate surface area is 103 Å². The molecule has 1 aromatic carbocycles. The number of aliphatic hydroxyl groups excluding tert-OH is 1. The van der Waals surface area contributed by atoms with Gasteiger partial charge in [-0.2, -0.15) is 0 Å². The van der Waals surface area contributed by atoms with Crippen LogP contribution in [0.3, 0.4) is 0 Å². The van der Waals surface area contributed by atoms with Gasteiger partial charge in [-0.1, -0.05) is 6.07 Å². The number of hydrogen-bond donors (Lipinski definition) is 2. The molecule has 1 atom stereocenters. The molecule has 0 spiro atoms. The number of rotatable bonds is 6. The number of hydrogen-bond acceptors (Lipinski definition) is 3. The first-order chi connectivity index (χ1) is 7.69. The van der Waals surface area contributed by atoms with Crippen LogP contribution in [0.4, 0.5) is 4.39 Å². The molecule has 0 aliphatic carbocycles. The molecule has 0 saturated heterocycles. The summed E-state index contributed by atoms with van der Waals surface area (Å²) in [4.78, 5) is 0. The number of halogens is 2. The predicted molar refractivity (Wildman–Crippen MR) is 63.6 cm³/mol. The van der Waals surface area contributed by atoms with Crippen molar-refractivity contribution in [1.29, 1.82) is 0 Å². The van der Waals surface area contributed by atoms with Crippen LogP contribution >= 0.6 is 15.9 Å². The van der Waals surface area contributed by atoms with Gasteiger partial charge in [0.1, 0.15) is 5.82 Å². The zero-order valence-electron chi connectivity index (χ0n) is 8.83. The van der Waals surface area contributed by atoms with Crippen molar-refractivity contribution in [2.45, 2.75) is 12.5 Å². The average Bonchev–Trinajstić information content (AvgIpc) is 2.29. The third-order valence-electron chi connectivity index (χ3n) is 2.15. The summed E-state index contributed by atoms with van der Waals surface area (Å²) in [6.45, 7) is 0.772. The molecule has 0 saturated carbocycles. The topological polar surface area (TPSA) is 55.5 Å². The Morgan fingerprint density at radius 3 is 2.81 bits per heavy atom. The molecule has 0 bridgehead atoms. The SMILES string of the molecule is NCC(OCCCO)c1ccc(Br)c(F)c1. The van der Waals surface area contributed by atoms with Crippen molar-refractivity contribution >= 4 is 15.9 Å². The molecule has 0 radical (unpaired) electrons. The fourth-order valence-electron chi connectivity index (χ4n) is 1.30. The predicted octanol–water partition coefficient (Wildman–Crippen LogP) is 1.99. The molecule has 16 heavy (non-hydrogen) atoms. The summed E-state index contributed by atoms with van der Waals surface area (Å²) >= 11 is 3.08. The highest BCUT2D eigenvalue weighted by molar-refractivity contribution is 9.10. The van der Waals surface area contributed by atoms with Crippen molar-refractivity contribution < 1.29 is 14.2 Å². The third kappa shape index (κ3) is 3.83. The van der Waals surface area contributed by atoms with Crippen LogP contribution in [-0.2, 0) is 4.74 Å². The van der Waals surface area contributed by atoms with Crippen LogP contribution in [0, 0.1) is 5.82 Å². The lowest BCUT2D eigenvalue weighted by atomic mass is 10.1. The minimum absolute atomic E-state index is 0.0754. The van der Waals surface area contributed by atoms with Gasteiger partial charge < -0.3 is 15.6 Å². The first-order valence-electron chi connectivity index (χ1n) is 5.06. The van der Waals surface area contributed by atoms with Crippen LogP contribution in [0.2, 0.25) is 0 Å². The van der Waals surface area contributed by atoms with Crippen LogP contribution < -0.4 is 5.73 Å². The van der Waals surface area contributed by atoms with Gasteiger partial charge in [0.25, 0.3) is 0 Å². The second-order valence-electron chi connectivity index (χ2n) is 3.35. The standard InChI is InChI=1S/C11H15BrFNO2/c12-9-3-2-8(6-10(9)13)11(7-14)16-5-1-4-15/h2-3,6,11,15H,1,4-5,7,14H2. The highest BCUT2D eigenvalue weighted by Crippen LogP contribution is 2.22. The van der Waals surface area contributed by atoms with E-state index in [0.717, 1.165) is 0 Å². The molecule has 1 unspecified atom stereocenters. The van der Waals surface area contributed by atoms with Crippen LogP contribution in [-0.4, -0.2) is 24.9 Å². The van der Waals surface area contributed by atoms with E-state index in [1.807, 2.05) is 0 Å². The van der Waals surface area contributed by atoms with Crippen LogP contribution in [0.1, 0.15) is 18.1 Å². The minimum Gasteiger partial charge on any atom is -0.396 e. The molecule has 0 heterocycles. The smallest absolute Gasteiger partial charge is 0.137 e. The summed E-state index contributed by atoms with van der Waals surface area (Å²) < 4.78 is 19.1. The molecule has 3 N–H and O–H groups in total. The molecule has 0 aliphatic heterocycles. The van der Waals surface area contributed by atoms with E-state index < -0.39 is 0 Å². The van der Waals surface area contributed by atoms with E-state index in [2.05, 4.69) is 15.9 Å². The molecule has 0 fully saturated rings. The second-order valence-corrected chi connectivity index (χ2v) is 4.20. The highest BCUT2D eigenvalue weighted by Gasteiger charge is 2.11. The molecule has 5 heteroatoms. The summed E-state index contributed by atoms with van der Waals surface area (Å²) in [5.74, 6) is -0.332. The summed E-state index contributed by atoms with van der Waals surface area (Å²) in [5, 5.41) is 8.63. The summed E-state index contributed by atoms with van der Waals surface area (Å²) in [5.41, 5.74) is 6.26. The first kappa shape index (κ1) is 13.6. The first-order valence-corrected chi connectivity index (χ1v) is 5.85. The number of benzene rings is 1. The lowest BCUT2D eigenvalue weighted by Gasteiger charge is -2.16. The van der Waals surface area contributed by atoms with E-state index in [9.17, 15) is 4.39 Å². The minimum atomic E-state index is -0.332. The summed E-state index contributed by atoms with van der Waals surface area (Å²) in [7, 11) is 0. The van der Waals surface area contributed by atoms with Gasteiger partial charge in [-0.15, -0.1) is 0 Å². The van der Waals surface area contributed by atoms with E-state index in [1.54, 1.807) is 12.1 Å². The Morgan fingerprint density at radius 1 is 1.50 bits per heavy atom. The average molecular weight is 292 g/mol. The molecular weight excluding hydrogens is 277 g/mol.